The van der Waals surface area contributed by atoms with Crippen LogP contribution in [0.3, 0.4) is 0 Å². The van der Waals surface area contributed by atoms with Gasteiger partial charge < -0.3 is 5.32 Å². The van der Waals surface area contributed by atoms with E-state index in [1.165, 1.54) is 0 Å². The van der Waals surface area contributed by atoms with Gasteiger partial charge in [0.2, 0.25) is 5.91 Å². The first-order chi connectivity index (χ1) is 12.4. The van der Waals surface area contributed by atoms with Gasteiger partial charge in [-0.25, -0.2) is 0 Å². The van der Waals surface area contributed by atoms with Crippen LogP contribution in [0.15, 0.2) is 44.7 Å². The highest BCUT2D eigenvalue weighted by Gasteiger charge is 2.25. The molecular formula is C19H21Br2N3OS. The van der Waals surface area contributed by atoms with Crippen molar-refractivity contribution in [3.05, 3.63) is 55.1 Å². The summed E-state index contributed by atoms with van der Waals surface area (Å²) in [6.07, 6.45) is 0.691. The zero-order valence-corrected chi connectivity index (χ0v) is 18.6. The number of amides is 1. The van der Waals surface area contributed by atoms with Crippen molar-refractivity contribution in [1.29, 1.82) is 5.26 Å². The van der Waals surface area contributed by atoms with Gasteiger partial charge in [-0.15, -0.1) is 11.3 Å². The lowest BCUT2D eigenvalue weighted by Crippen LogP contribution is -2.46. The third-order valence-corrected chi connectivity index (χ3v) is 6.10. The number of rotatable bonds is 8. The van der Waals surface area contributed by atoms with Crippen molar-refractivity contribution in [2.24, 2.45) is 5.92 Å². The molecule has 0 spiro atoms. The summed E-state index contributed by atoms with van der Waals surface area (Å²) in [5.41, 5.74) is 1.09. The summed E-state index contributed by atoms with van der Waals surface area (Å²) in [6.45, 7) is 4.19. The molecule has 4 nitrogen and oxygen atoms in total. The Kier molecular flexibility index (Phi) is 8.29. The molecular weight excluding hydrogens is 478 g/mol. The summed E-state index contributed by atoms with van der Waals surface area (Å²) >= 11 is 8.63. The highest BCUT2D eigenvalue weighted by atomic mass is 79.9. The van der Waals surface area contributed by atoms with E-state index < -0.39 is 0 Å². The van der Waals surface area contributed by atoms with Crippen molar-refractivity contribution >= 4 is 49.1 Å². The third-order valence-electron chi connectivity index (χ3n) is 3.81. The molecule has 2 N–H and O–H groups in total. The summed E-state index contributed by atoms with van der Waals surface area (Å²) in [4.78, 5) is 13.7. The van der Waals surface area contributed by atoms with Crippen LogP contribution in [-0.4, -0.2) is 18.5 Å². The molecule has 0 bridgehead atoms. The molecule has 0 aliphatic carbocycles. The number of nitrogens with one attached hydrogen (secondary N) is 2. The van der Waals surface area contributed by atoms with Crippen LogP contribution in [0, 0.1) is 17.2 Å². The predicted molar refractivity (Wildman–Crippen MR) is 113 cm³/mol. The van der Waals surface area contributed by atoms with Crippen molar-refractivity contribution in [2.45, 2.75) is 32.4 Å². The van der Waals surface area contributed by atoms with Crippen LogP contribution in [0.5, 0.6) is 0 Å². The average molecular weight is 499 g/mol. The van der Waals surface area contributed by atoms with Crippen molar-refractivity contribution in [3.63, 3.8) is 0 Å². The number of thiophene rings is 1. The molecule has 7 heteroatoms. The number of halogens is 2. The lowest BCUT2D eigenvalue weighted by Gasteiger charge is -2.26. The van der Waals surface area contributed by atoms with E-state index in [2.05, 4.69) is 74.5 Å². The van der Waals surface area contributed by atoms with Crippen LogP contribution in [-0.2, 0) is 4.79 Å². The van der Waals surface area contributed by atoms with Crippen molar-refractivity contribution in [3.8, 4) is 6.07 Å². The van der Waals surface area contributed by atoms with Gasteiger partial charge in [-0.3, -0.25) is 10.1 Å². The molecule has 1 heterocycles. The van der Waals surface area contributed by atoms with Gasteiger partial charge in [0.25, 0.3) is 0 Å². The quantitative estimate of drug-likeness (QED) is 0.503. The molecule has 1 aromatic carbocycles. The Hall–Kier alpha value is -1.20. The topological polar surface area (TPSA) is 64.9 Å². The van der Waals surface area contributed by atoms with Crippen molar-refractivity contribution in [2.75, 3.05) is 6.54 Å². The maximum atomic E-state index is 12.6. The lowest BCUT2D eigenvalue weighted by atomic mass is 9.99. The SMILES string of the molecule is CC(C)CC(NC(c1ccc(Br)cc1)c1cc(Br)cs1)C(=O)NCC#N. The molecule has 2 unspecified atom stereocenters. The van der Waals surface area contributed by atoms with Gasteiger partial charge >= 0.3 is 0 Å². The number of nitrogens with zero attached hydrogens (tertiary/aromatic N) is 1. The Balaban J connectivity index is 2.31. The molecule has 0 radical (unpaired) electrons. The molecule has 2 atom stereocenters. The maximum absolute atomic E-state index is 12.6. The van der Waals surface area contributed by atoms with E-state index in [4.69, 9.17) is 5.26 Å². The number of nitriles is 1. The standard InChI is InChI=1S/C19H21Br2N3OS/c1-12(2)9-16(19(25)23-8-7-22)24-18(17-10-15(21)11-26-17)13-3-5-14(20)6-4-13/h3-6,10-12,16,18,24H,8-9H2,1-2H3,(H,23,25). The van der Waals surface area contributed by atoms with Crippen LogP contribution < -0.4 is 10.6 Å². The Bertz CT molecular complexity index is 768. The second-order valence-electron chi connectivity index (χ2n) is 6.38. The number of benzene rings is 1. The van der Waals surface area contributed by atoms with Gasteiger partial charge in [-0.1, -0.05) is 41.9 Å². The third kappa shape index (κ3) is 6.20. The van der Waals surface area contributed by atoms with E-state index >= 15 is 0 Å². The predicted octanol–water partition coefficient (Wildman–Crippen LogP) is 5.01. The molecule has 26 heavy (non-hydrogen) atoms. The molecule has 2 rings (SSSR count). The molecule has 0 fully saturated rings. The molecule has 0 saturated heterocycles. The second kappa shape index (κ2) is 10.2. The Morgan fingerprint density at radius 2 is 1.92 bits per heavy atom. The Labute approximate surface area is 175 Å². The smallest absolute Gasteiger partial charge is 0.237 e. The van der Waals surface area contributed by atoms with E-state index in [1.54, 1.807) is 11.3 Å². The van der Waals surface area contributed by atoms with Gasteiger partial charge in [-0.05, 0) is 52.0 Å². The minimum atomic E-state index is -0.377. The number of hydrogen-bond donors (Lipinski definition) is 2. The summed E-state index contributed by atoms with van der Waals surface area (Å²) in [6, 6.07) is 11.7. The number of hydrogen-bond acceptors (Lipinski definition) is 4. The van der Waals surface area contributed by atoms with E-state index in [0.29, 0.717) is 12.3 Å². The number of carbonyl (C=O) groups excluding carboxylic acids is 1. The van der Waals surface area contributed by atoms with Gasteiger partial charge in [-0.2, -0.15) is 5.26 Å². The van der Waals surface area contributed by atoms with Gasteiger partial charge in [0.15, 0.2) is 0 Å². The molecule has 2 aromatic rings. The van der Waals surface area contributed by atoms with Crippen LogP contribution in [0.4, 0.5) is 0 Å². The molecule has 1 amide bonds. The largest absolute Gasteiger partial charge is 0.342 e. The van der Waals surface area contributed by atoms with Gasteiger partial charge in [0.1, 0.15) is 6.54 Å². The van der Waals surface area contributed by atoms with Crippen molar-refractivity contribution < 1.29 is 4.79 Å². The first-order valence-electron chi connectivity index (χ1n) is 8.30. The first kappa shape index (κ1) is 21.1. The minimum Gasteiger partial charge on any atom is -0.342 e. The van der Waals surface area contributed by atoms with E-state index in [9.17, 15) is 4.79 Å². The van der Waals surface area contributed by atoms with Crippen LogP contribution in [0.25, 0.3) is 0 Å². The minimum absolute atomic E-state index is 0.0165. The van der Waals surface area contributed by atoms with Crippen LogP contribution in [0.1, 0.15) is 36.8 Å². The Morgan fingerprint density at radius 1 is 1.23 bits per heavy atom. The van der Waals surface area contributed by atoms with Gasteiger partial charge in [0, 0.05) is 19.2 Å². The molecule has 0 aliphatic rings. The summed E-state index contributed by atoms with van der Waals surface area (Å²) in [5.74, 6) is 0.207. The monoisotopic (exact) mass is 497 g/mol. The van der Waals surface area contributed by atoms with E-state index in [-0.39, 0.29) is 24.5 Å². The zero-order chi connectivity index (χ0) is 19.1. The summed E-state index contributed by atoms with van der Waals surface area (Å²) in [5, 5.41) is 17.0. The lowest BCUT2D eigenvalue weighted by molar-refractivity contribution is -0.123. The van der Waals surface area contributed by atoms with E-state index in [0.717, 1.165) is 19.4 Å². The second-order valence-corrected chi connectivity index (χ2v) is 9.15. The summed E-state index contributed by atoms with van der Waals surface area (Å²) < 4.78 is 2.04. The maximum Gasteiger partial charge on any atom is 0.237 e. The number of carbonyl (C=O) groups is 1. The first-order valence-corrected chi connectivity index (χ1v) is 10.8. The highest BCUT2D eigenvalue weighted by Crippen LogP contribution is 2.31. The molecule has 0 saturated carbocycles. The molecule has 1 aromatic heterocycles. The zero-order valence-electron chi connectivity index (χ0n) is 14.6. The van der Waals surface area contributed by atoms with Gasteiger partial charge in [0.05, 0.1) is 18.2 Å². The Morgan fingerprint density at radius 3 is 2.46 bits per heavy atom. The fraction of sp³-hybridized carbons (Fsp3) is 0.368. The van der Waals surface area contributed by atoms with Crippen LogP contribution in [0.2, 0.25) is 0 Å². The highest BCUT2D eigenvalue weighted by molar-refractivity contribution is 9.10. The molecule has 138 valence electrons. The molecule has 0 aliphatic heterocycles. The fourth-order valence-corrected chi connectivity index (χ4v) is 4.45. The normalized spacial score (nSPS) is 13.2. The fourth-order valence-electron chi connectivity index (χ4n) is 2.65. The van der Waals surface area contributed by atoms with E-state index in [1.807, 2.05) is 23.6 Å². The average Bonchev–Trinajstić information content (AvgIpc) is 3.03. The van der Waals surface area contributed by atoms with Crippen LogP contribution >= 0.6 is 43.2 Å². The van der Waals surface area contributed by atoms with Crippen molar-refractivity contribution in [1.82, 2.24) is 10.6 Å². The summed E-state index contributed by atoms with van der Waals surface area (Å²) in [7, 11) is 0.